The highest BCUT2D eigenvalue weighted by Crippen LogP contribution is 2.46. The maximum absolute atomic E-state index is 6.19. The van der Waals surface area contributed by atoms with E-state index in [4.69, 9.17) is 16.3 Å². The van der Waals surface area contributed by atoms with Crippen LogP contribution in [0.5, 0.6) is 0 Å². The monoisotopic (exact) mass is 211 g/mol. The van der Waals surface area contributed by atoms with Crippen LogP contribution in [0.2, 0.25) is 5.02 Å². The molecule has 0 radical (unpaired) electrons. The fourth-order valence-electron chi connectivity index (χ4n) is 2.26. The molecule has 3 rings (SSSR count). The molecule has 0 saturated carbocycles. The van der Waals surface area contributed by atoms with Gasteiger partial charge in [0, 0.05) is 0 Å². The maximum atomic E-state index is 6.19. The Labute approximate surface area is 87.8 Å². The summed E-state index contributed by atoms with van der Waals surface area (Å²) in [6, 6.07) is 6.00. The summed E-state index contributed by atoms with van der Waals surface area (Å²) in [5.41, 5.74) is 5.85. The highest BCUT2D eigenvalue weighted by Gasteiger charge is 2.46. The quantitative estimate of drug-likeness (QED) is 0.663. The first-order valence-corrected chi connectivity index (χ1v) is 5.22. The molecule has 0 aromatic heterocycles. The van der Waals surface area contributed by atoms with Gasteiger partial charge in [0.25, 0.3) is 0 Å². The first-order valence-electron chi connectivity index (χ1n) is 4.84. The van der Waals surface area contributed by atoms with Gasteiger partial charge in [-0.1, -0.05) is 17.7 Å². The predicted molar refractivity (Wildman–Crippen MR) is 57.4 cm³/mol. The average molecular weight is 212 g/mol. The van der Waals surface area contributed by atoms with Crippen LogP contribution < -0.4 is 10.0 Å². The molecule has 14 heavy (non-hydrogen) atoms. The summed E-state index contributed by atoms with van der Waals surface area (Å²) in [4.78, 5) is 0. The molecule has 74 valence electrons. The normalized spacial score (nSPS) is 22.4. The van der Waals surface area contributed by atoms with Gasteiger partial charge in [-0.05, 0) is 12.1 Å². The molecule has 1 fully saturated rings. The van der Waals surface area contributed by atoms with E-state index in [1.807, 2.05) is 12.1 Å². The average Bonchev–Trinajstić information content (AvgIpc) is 2.17. The number of hydrogen-bond donors (Lipinski definition) is 1. The van der Waals surface area contributed by atoms with Crippen LogP contribution in [0.4, 0.5) is 11.4 Å². The summed E-state index contributed by atoms with van der Waals surface area (Å²) in [5.74, 6) is 0. The van der Waals surface area contributed by atoms with Gasteiger partial charge < -0.3 is 4.74 Å². The number of quaternary nitrogens is 1. The van der Waals surface area contributed by atoms with E-state index in [1.54, 1.807) is 0 Å². The van der Waals surface area contributed by atoms with Crippen molar-refractivity contribution in [2.45, 2.75) is 0 Å². The summed E-state index contributed by atoms with van der Waals surface area (Å²) in [6.07, 6.45) is 0. The molecule has 0 atom stereocenters. The zero-order chi connectivity index (χ0) is 9.60. The van der Waals surface area contributed by atoms with Crippen LogP contribution in [-0.2, 0) is 4.74 Å². The van der Waals surface area contributed by atoms with Gasteiger partial charge in [-0.25, -0.2) is 5.43 Å². The number of fused-ring (bicyclic) bond motifs is 2. The van der Waals surface area contributed by atoms with Gasteiger partial charge in [-0.2, -0.15) is 4.59 Å². The van der Waals surface area contributed by atoms with Crippen LogP contribution in [0.1, 0.15) is 0 Å². The third-order valence-electron chi connectivity index (χ3n) is 2.98. The molecule has 1 aromatic rings. The molecular formula is C10H12ClN2O+. The van der Waals surface area contributed by atoms with Gasteiger partial charge in [0.15, 0.2) is 5.69 Å². The molecule has 0 bridgehead atoms. The first-order chi connectivity index (χ1) is 6.82. The number of nitrogens with one attached hydrogen (secondary N) is 1. The van der Waals surface area contributed by atoms with E-state index in [2.05, 4.69) is 11.5 Å². The highest BCUT2D eigenvalue weighted by atomic mass is 35.5. The van der Waals surface area contributed by atoms with Crippen molar-refractivity contribution in [3.63, 3.8) is 0 Å². The number of rotatable bonds is 0. The third-order valence-corrected chi connectivity index (χ3v) is 3.29. The highest BCUT2D eigenvalue weighted by molar-refractivity contribution is 6.34. The second-order valence-corrected chi connectivity index (χ2v) is 4.18. The minimum absolute atomic E-state index is 0.801. The van der Waals surface area contributed by atoms with Gasteiger partial charge in [0.05, 0.1) is 13.2 Å². The second-order valence-electron chi connectivity index (χ2n) is 3.78. The summed E-state index contributed by atoms with van der Waals surface area (Å²) in [7, 11) is 0. The van der Waals surface area contributed by atoms with Crippen LogP contribution in [0, 0.1) is 0 Å². The van der Waals surface area contributed by atoms with Crippen molar-refractivity contribution in [3.8, 4) is 0 Å². The lowest BCUT2D eigenvalue weighted by Crippen LogP contribution is -2.65. The number of nitrogens with zero attached hydrogens (tertiary/aromatic N) is 1. The minimum atomic E-state index is 0.801. The maximum Gasteiger partial charge on any atom is 0.204 e. The van der Waals surface area contributed by atoms with Crippen molar-refractivity contribution >= 4 is 23.0 Å². The van der Waals surface area contributed by atoms with Crippen molar-refractivity contribution in [1.29, 1.82) is 0 Å². The predicted octanol–water partition coefficient (Wildman–Crippen LogP) is 2.02. The second kappa shape index (κ2) is 2.86. The molecule has 0 unspecified atom stereocenters. The molecule has 3 nitrogen and oxygen atoms in total. The van der Waals surface area contributed by atoms with Gasteiger partial charge in [0.1, 0.15) is 18.1 Å². The lowest BCUT2D eigenvalue weighted by atomic mass is 10.1. The fraction of sp³-hybridized carbons (Fsp3) is 0.400. The Kier molecular flexibility index (Phi) is 1.74. The van der Waals surface area contributed by atoms with Crippen LogP contribution in [0.25, 0.3) is 0 Å². The van der Waals surface area contributed by atoms with Crippen molar-refractivity contribution < 1.29 is 4.74 Å². The van der Waals surface area contributed by atoms with Gasteiger partial charge in [0.2, 0.25) is 5.69 Å². The zero-order valence-corrected chi connectivity index (χ0v) is 8.55. The summed E-state index contributed by atoms with van der Waals surface area (Å²) in [5, 5.41) is 0.864. The topological polar surface area (TPSA) is 21.3 Å². The smallest absolute Gasteiger partial charge is 0.204 e. The molecule has 4 heteroatoms. The zero-order valence-electron chi connectivity index (χ0n) is 7.79. The Morgan fingerprint density at radius 3 is 2.79 bits per heavy atom. The summed E-state index contributed by atoms with van der Waals surface area (Å²) >= 11 is 6.19. The Morgan fingerprint density at radius 1 is 1.29 bits per heavy atom. The number of ether oxygens (including phenoxy) is 1. The van der Waals surface area contributed by atoms with Crippen LogP contribution in [0.15, 0.2) is 18.2 Å². The van der Waals surface area contributed by atoms with E-state index in [9.17, 15) is 0 Å². The minimum Gasteiger partial charge on any atom is -0.370 e. The molecular weight excluding hydrogens is 200 g/mol. The van der Waals surface area contributed by atoms with E-state index < -0.39 is 0 Å². The fourth-order valence-corrected chi connectivity index (χ4v) is 2.60. The SMILES string of the molecule is Clc1cccc2c1[N+]1(CCOCC1)N2. The number of halogens is 1. The molecule has 2 heterocycles. The van der Waals surface area contributed by atoms with E-state index in [0.29, 0.717) is 0 Å². The number of morpholine rings is 1. The Bertz CT molecular complexity index is 360. The van der Waals surface area contributed by atoms with Crippen LogP contribution >= 0.6 is 11.6 Å². The van der Waals surface area contributed by atoms with E-state index in [0.717, 1.165) is 35.9 Å². The lowest BCUT2D eigenvalue weighted by Gasteiger charge is -2.47. The van der Waals surface area contributed by atoms with E-state index in [1.165, 1.54) is 11.4 Å². The Hall–Kier alpha value is -0.770. The van der Waals surface area contributed by atoms with Crippen LogP contribution in [0.3, 0.4) is 0 Å². The molecule has 1 spiro atoms. The standard InChI is InChI=1S/C10H12ClN2O/c11-8-2-1-3-9-10(8)13(12-9)4-6-14-7-5-13/h1-3,12H,4-7H2/q+1. The van der Waals surface area contributed by atoms with Crippen molar-refractivity contribution in [3.05, 3.63) is 23.2 Å². The lowest BCUT2D eigenvalue weighted by molar-refractivity contribution is 0.0461. The van der Waals surface area contributed by atoms with Gasteiger partial charge >= 0.3 is 0 Å². The van der Waals surface area contributed by atoms with Crippen molar-refractivity contribution in [1.82, 2.24) is 4.59 Å². The molecule has 1 saturated heterocycles. The third kappa shape index (κ3) is 1.00. The first kappa shape index (κ1) is 8.53. The van der Waals surface area contributed by atoms with E-state index >= 15 is 0 Å². The summed E-state index contributed by atoms with van der Waals surface area (Å²) < 4.78 is 6.16. The Morgan fingerprint density at radius 2 is 2.07 bits per heavy atom. The number of hydrogen-bond acceptors (Lipinski definition) is 2. The number of anilines is 1. The Balaban J connectivity index is 2.03. The van der Waals surface area contributed by atoms with Gasteiger partial charge in [-0.15, -0.1) is 0 Å². The molecule has 2 aliphatic rings. The van der Waals surface area contributed by atoms with Crippen molar-refractivity contribution in [2.75, 3.05) is 31.7 Å². The molecule has 0 aliphatic carbocycles. The van der Waals surface area contributed by atoms with E-state index in [-0.39, 0.29) is 0 Å². The molecule has 1 N–H and O–H groups in total. The van der Waals surface area contributed by atoms with Crippen molar-refractivity contribution in [2.24, 2.45) is 0 Å². The number of benzene rings is 1. The summed E-state index contributed by atoms with van der Waals surface area (Å²) in [6.45, 7) is 3.54. The molecule has 0 amide bonds. The number of para-hydroxylation sites is 1. The molecule has 1 aromatic carbocycles. The van der Waals surface area contributed by atoms with Crippen LogP contribution in [-0.4, -0.2) is 26.3 Å². The van der Waals surface area contributed by atoms with Gasteiger partial charge in [-0.3, -0.25) is 0 Å². The largest absolute Gasteiger partial charge is 0.370 e. The molecule has 2 aliphatic heterocycles.